The highest BCUT2D eigenvalue weighted by molar-refractivity contribution is 6.03. The first-order chi connectivity index (χ1) is 12.0. The fourth-order valence-electron chi connectivity index (χ4n) is 3.76. The number of benzene rings is 1. The van der Waals surface area contributed by atoms with Crippen LogP contribution in [0.5, 0.6) is 0 Å². The number of pyridine rings is 1. The van der Waals surface area contributed by atoms with E-state index in [9.17, 15) is 4.39 Å². The summed E-state index contributed by atoms with van der Waals surface area (Å²) in [5, 5.41) is 4.20. The van der Waals surface area contributed by atoms with Crippen LogP contribution in [0.25, 0.3) is 22.2 Å². The zero-order valence-electron chi connectivity index (χ0n) is 15.1. The molecule has 2 aromatic heterocycles. The van der Waals surface area contributed by atoms with Crippen molar-refractivity contribution in [2.45, 2.75) is 26.3 Å². The summed E-state index contributed by atoms with van der Waals surface area (Å²) in [4.78, 5) is 6.76. The topological polar surface area (TPSA) is 33.1 Å². The third kappa shape index (κ3) is 2.37. The molecule has 0 bridgehead atoms. The zero-order chi connectivity index (χ0) is 17.7. The Labute approximate surface area is 147 Å². The Balaban J connectivity index is 2.03. The molecule has 1 N–H and O–H groups in total. The SMILES string of the molecule is CNc1ccnc2c1c(-c1cc3c(cc1F)CCN3C)cn2C(C)C. The van der Waals surface area contributed by atoms with Crippen molar-refractivity contribution >= 4 is 22.4 Å². The molecule has 5 heteroatoms. The van der Waals surface area contributed by atoms with Crippen LogP contribution in [0.4, 0.5) is 15.8 Å². The Morgan fingerprint density at radius 1 is 1.24 bits per heavy atom. The molecule has 0 fully saturated rings. The molecule has 0 saturated heterocycles. The molecule has 4 nitrogen and oxygen atoms in total. The normalized spacial score (nSPS) is 13.8. The van der Waals surface area contributed by atoms with Crippen molar-refractivity contribution in [1.29, 1.82) is 0 Å². The second kappa shape index (κ2) is 5.76. The summed E-state index contributed by atoms with van der Waals surface area (Å²) in [5.41, 5.74) is 5.58. The minimum atomic E-state index is -0.164. The Bertz CT molecular complexity index is 958. The zero-order valence-corrected chi connectivity index (χ0v) is 15.1. The van der Waals surface area contributed by atoms with Gasteiger partial charge in [-0.25, -0.2) is 9.37 Å². The van der Waals surface area contributed by atoms with Crippen LogP contribution in [0.15, 0.2) is 30.6 Å². The van der Waals surface area contributed by atoms with E-state index in [1.165, 1.54) is 0 Å². The number of anilines is 2. The predicted molar refractivity (Wildman–Crippen MR) is 102 cm³/mol. The maximum atomic E-state index is 15.0. The standard InChI is InChI=1S/C20H23FN4/c1-12(2)25-11-15(19-17(22-3)5-7-23-20(19)25)14-10-18-13(9-16(14)21)6-8-24(18)4/h5,7,9-12H,6,8H2,1-4H3,(H,22,23). The van der Waals surface area contributed by atoms with Crippen molar-refractivity contribution in [3.63, 3.8) is 0 Å². The van der Waals surface area contributed by atoms with Crippen LogP contribution in [0.3, 0.4) is 0 Å². The molecule has 0 unspecified atom stereocenters. The van der Waals surface area contributed by atoms with E-state index in [1.807, 2.05) is 25.4 Å². The van der Waals surface area contributed by atoms with Crippen molar-refractivity contribution in [2.75, 3.05) is 30.9 Å². The number of hydrogen-bond acceptors (Lipinski definition) is 3. The van der Waals surface area contributed by atoms with E-state index in [2.05, 4.69) is 40.7 Å². The van der Waals surface area contributed by atoms with Crippen LogP contribution in [0, 0.1) is 5.82 Å². The van der Waals surface area contributed by atoms with Gasteiger partial charge in [0.15, 0.2) is 0 Å². The number of nitrogens with zero attached hydrogens (tertiary/aromatic N) is 3. The smallest absolute Gasteiger partial charge is 0.142 e. The van der Waals surface area contributed by atoms with Crippen LogP contribution in [0.2, 0.25) is 0 Å². The summed E-state index contributed by atoms with van der Waals surface area (Å²) in [5.74, 6) is -0.164. The molecule has 0 amide bonds. The highest BCUT2D eigenvalue weighted by Crippen LogP contribution is 2.40. The van der Waals surface area contributed by atoms with Crippen LogP contribution in [-0.2, 0) is 6.42 Å². The van der Waals surface area contributed by atoms with E-state index in [0.29, 0.717) is 5.56 Å². The second-order valence-corrected chi connectivity index (χ2v) is 6.98. The molecular formula is C20H23FN4. The molecule has 0 aliphatic carbocycles. The fraction of sp³-hybridized carbons (Fsp3) is 0.350. The molecule has 1 aliphatic rings. The monoisotopic (exact) mass is 338 g/mol. The maximum absolute atomic E-state index is 15.0. The summed E-state index contributed by atoms with van der Waals surface area (Å²) in [6.07, 6.45) is 4.73. The first-order valence-corrected chi connectivity index (χ1v) is 8.72. The molecule has 3 aromatic rings. The number of fused-ring (bicyclic) bond motifs is 2. The number of aromatic nitrogens is 2. The molecular weight excluding hydrogens is 315 g/mol. The van der Waals surface area contributed by atoms with Gasteiger partial charge in [-0.15, -0.1) is 0 Å². The number of halogens is 1. The van der Waals surface area contributed by atoms with Crippen LogP contribution in [0.1, 0.15) is 25.5 Å². The Morgan fingerprint density at radius 2 is 2.04 bits per heavy atom. The van der Waals surface area contributed by atoms with E-state index < -0.39 is 0 Å². The van der Waals surface area contributed by atoms with Gasteiger partial charge in [-0.2, -0.15) is 0 Å². The Hall–Kier alpha value is -2.56. The van der Waals surface area contributed by atoms with E-state index in [-0.39, 0.29) is 11.9 Å². The molecule has 0 atom stereocenters. The first-order valence-electron chi connectivity index (χ1n) is 8.72. The minimum absolute atomic E-state index is 0.164. The van der Waals surface area contributed by atoms with Crippen molar-refractivity contribution in [3.8, 4) is 11.1 Å². The third-order valence-corrected chi connectivity index (χ3v) is 5.13. The molecule has 4 rings (SSSR count). The van der Waals surface area contributed by atoms with Crippen molar-refractivity contribution in [3.05, 3.63) is 42.0 Å². The quantitative estimate of drug-likeness (QED) is 0.765. The Kier molecular flexibility index (Phi) is 3.67. The molecule has 1 aliphatic heterocycles. The largest absolute Gasteiger partial charge is 0.387 e. The van der Waals surface area contributed by atoms with E-state index >= 15 is 0 Å². The first kappa shape index (κ1) is 15.9. The third-order valence-electron chi connectivity index (χ3n) is 5.13. The van der Waals surface area contributed by atoms with Gasteiger partial charge in [0.25, 0.3) is 0 Å². The Morgan fingerprint density at radius 3 is 2.76 bits per heavy atom. The number of likely N-dealkylation sites (N-methyl/N-ethyl adjacent to an activating group) is 1. The summed E-state index contributed by atoms with van der Waals surface area (Å²) < 4.78 is 17.1. The van der Waals surface area contributed by atoms with E-state index in [0.717, 1.165) is 46.5 Å². The number of rotatable bonds is 3. The van der Waals surface area contributed by atoms with Gasteiger partial charge in [0, 0.05) is 61.6 Å². The molecule has 0 radical (unpaired) electrons. The van der Waals surface area contributed by atoms with Gasteiger partial charge < -0.3 is 14.8 Å². The molecule has 3 heterocycles. The van der Waals surface area contributed by atoms with Crippen LogP contribution < -0.4 is 10.2 Å². The molecule has 1 aromatic carbocycles. The van der Waals surface area contributed by atoms with Gasteiger partial charge in [0.2, 0.25) is 0 Å². The lowest BCUT2D eigenvalue weighted by atomic mass is 10.0. The summed E-state index contributed by atoms with van der Waals surface area (Å²) >= 11 is 0. The lowest BCUT2D eigenvalue weighted by molar-refractivity contribution is 0.616. The van der Waals surface area contributed by atoms with Gasteiger partial charge in [0.1, 0.15) is 11.5 Å². The predicted octanol–water partition coefficient (Wildman–Crippen LogP) is 4.46. The van der Waals surface area contributed by atoms with Crippen molar-refractivity contribution in [1.82, 2.24) is 9.55 Å². The summed E-state index contributed by atoms with van der Waals surface area (Å²) in [6.45, 7) is 5.17. The fourth-order valence-corrected chi connectivity index (χ4v) is 3.76. The van der Waals surface area contributed by atoms with Crippen molar-refractivity contribution in [2.24, 2.45) is 0 Å². The molecule has 0 spiro atoms. The average molecular weight is 338 g/mol. The van der Waals surface area contributed by atoms with Gasteiger partial charge in [-0.1, -0.05) is 0 Å². The lowest BCUT2D eigenvalue weighted by Gasteiger charge is -2.14. The second-order valence-electron chi connectivity index (χ2n) is 6.98. The summed E-state index contributed by atoms with van der Waals surface area (Å²) in [7, 11) is 3.95. The molecule has 25 heavy (non-hydrogen) atoms. The highest BCUT2D eigenvalue weighted by Gasteiger charge is 2.23. The van der Waals surface area contributed by atoms with Gasteiger partial charge in [0.05, 0.1) is 5.39 Å². The van der Waals surface area contributed by atoms with Gasteiger partial charge >= 0.3 is 0 Å². The van der Waals surface area contributed by atoms with Gasteiger partial charge in [-0.3, -0.25) is 0 Å². The van der Waals surface area contributed by atoms with Crippen LogP contribution in [-0.4, -0.2) is 30.2 Å². The van der Waals surface area contributed by atoms with E-state index in [1.54, 1.807) is 12.3 Å². The highest BCUT2D eigenvalue weighted by atomic mass is 19.1. The molecule has 130 valence electrons. The lowest BCUT2D eigenvalue weighted by Crippen LogP contribution is -2.12. The number of nitrogens with one attached hydrogen (secondary N) is 1. The average Bonchev–Trinajstić information content (AvgIpc) is 3.15. The summed E-state index contributed by atoms with van der Waals surface area (Å²) in [6, 6.07) is 5.87. The number of hydrogen-bond donors (Lipinski definition) is 1. The minimum Gasteiger partial charge on any atom is -0.387 e. The van der Waals surface area contributed by atoms with Gasteiger partial charge in [-0.05, 0) is 44.0 Å². The van der Waals surface area contributed by atoms with Crippen LogP contribution >= 0.6 is 0 Å². The molecule has 0 saturated carbocycles. The van der Waals surface area contributed by atoms with Crippen molar-refractivity contribution < 1.29 is 4.39 Å². The van der Waals surface area contributed by atoms with E-state index in [4.69, 9.17) is 0 Å². The maximum Gasteiger partial charge on any atom is 0.142 e.